The number of halogens is 1. The van der Waals surface area contributed by atoms with E-state index in [0.29, 0.717) is 10.2 Å². The fourth-order valence-corrected chi connectivity index (χ4v) is 1.29. The molecule has 1 N–H and O–H groups in total. The van der Waals surface area contributed by atoms with Crippen LogP contribution in [0, 0.1) is 12.3 Å². The van der Waals surface area contributed by atoms with Gasteiger partial charge in [0.2, 0.25) is 0 Å². The summed E-state index contributed by atoms with van der Waals surface area (Å²) >= 11 is 3.23. The molecular formula is C10H9BrN2O. The molecule has 0 aliphatic carbocycles. The first-order valence-corrected chi connectivity index (χ1v) is 4.82. The normalized spacial score (nSPS) is 11.5. The Bertz CT molecular complexity index is 384. The molecule has 1 aromatic heterocycles. The SMILES string of the molecule is C#CC(C)NC(=O)c1ncccc1Br. The molecule has 1 rings (SSSR count). The number of amides is 1. The highest BCUT2D eigenvalue weighted by Crippen LogP contribution is 2.12. The van der Waals surface area contributed by atoms with Crippen LogP contribution in [0.3, 0.4) is 0 Å². The second-order valence-electron chi connectivity index (χ2n) is 2.70. The zero-order valence-electron chi connectivity index (χ0n) is 7.62. The van der Waals surface area contributed by atoms with Crippen molar-refractivity contribution in [1.29, 1.82) is 0 Å². The molecule has 3 nitrogen and oxygen atoms in total. The number of terminal acetylenes is 1. The molecule has 0 aromatic carbocycles. The molecule has 1 amide bonds. The summed E-state index contributed by atoms with van der Waals surface area (Å²) in [6.45, 7) is 1.73. The summed E-state index contributed by atoms with van der Waals surface area (Å²) in [5, 5.41) is 2.62. The molecule has 0 aliphatic rings. The standard InChI is InChI=1S/C10H9BrN2O/c1-3-7(2)13-10(14)9-8(11)5-4-6-12-9/h1,4-7H,2H3,(H,13,14). The molecule has 0 aliphatic heterocycles. The van der Waals surface area contributed by atoms with Gasteiger partial charge in [0.1, 0.15) is 5.69 Å². The minimum atomic E-state index is -0.295. The lowest BCUT2D eigenvalue weighted by atomic mass is 10.3. The molecule has 1 atom stereocenters. The second kappa shape index (κ2) is 4.77. The Kier molecular flexibility index (Phi) is 3.66. The molecule has 0 fully saturated rings. The van der Waals surface area contributed by atoms with Crippen molar-refractivity contribution in [1.82, 2.24) is 10.3 Å². The molecular weight excluding hydrogens is 244 g/mol. The van der Waals surface area contributed by atoms with Gasteiger partial charge in [-0.05, 0) is 35.0 Å². The molecule has 72 valence electrons. The van der Waals surface area contributed by atoms with Gasteiger partial charge in [0.05, 0.1) is 6.04 Å². The van der Waals surface area contributed by atoms with Gasteiger partial charge >= 0.3 is 0 Å². The van der Waals surface area contributed by atoms with Crippen LogP contribution in [0.2, 0.25) is 0 Å². The Morgan fingerprint density at radius 1 is 1.79 bits per heavy atom. The van der Waals surface area contributed by atoms with Crippen molar-refractivity contribution in [2.75, 3.05) is 0 Å². The van der Waals surface area contributed by atoms with Gasteiger partial charge in [-0.2, -0.15) is 0 Å². The van der Waals surface area contributed by atoms with E-state index in [0.717, 1.165) is 0 Å². The number of carbonyl (C=O) groups excluding carboxylic acids is 1. The molecule has 0 bridgehead atoms. The third-order valence-corrected chi connectivity index (χ3v) is 2.21. The lowest BCUT2D eigenvalue weighted by Crippen LogP contribution is -2.32. The largest absolute Gasteiger partial charge is 0.337 e. The van der Waals surface area contributed by atoms with Gasteiger partial charge in [-0.3, -0.25) is 4.79 Å². The van der Waals surface area contributed by atoms with Gasteiger partial charge < -0.3 is 5.32 Å². The number of hydrogen-bond donors (Lipinski definition) is 1. The van der Waals surface area contributed by atoms with Gasteiger partial charge in [0.15, 0.2) is 0 Å². The summed E-state index contributed by atoms with van der Waals surface area (Å²) in [5.41, 5.74) is 0.342. The monoisotopic (exact) mass is 252 g/mol. The van der Waals surface area contributed by atoms with E-state index in [1.54, 1.807) is 25.3 Å². The van der Waals surface area contributed by atoms with Crippen molar-refractivity contribution >= 4 is 21.8 Å². The predicted molar refractivity (Wildman–Crippen MR) is 57.7 cm³/mol. The van der Waals surface area contributed by atoms with Crippen LogP contribution in [0.4, 0.5) is 0 Å². The smallest absolute Gasteiger partial charge is 0.272 e. The van der Waals surface area contributed by atoms with Gasteiger partial charge in [-0.1, -0.05) is 5.92 Å². The first-order valence-electron chi connectivity index (χ1n) is 4.02. The topological polar surface area (TPSA) is 42.0 Å². The maximum Gasteiger partial charge on any atom is 0.272 e. The van der Waals surface area contributed by atoms with Crippen LogP contribution in [-0.4, -0.2) is 16.9 Å². The number of hydrogen-bond acceptors (Lipinski definition) is 2. The number of nitrogens with zero attached hydrogens (tertiary/aromatic N) is 1. The van der Waals surface area contributed by atoms with E-state index in [1.165, 1.54) is 0 Å². The van der Waals surface area contributed by atoms with Crippen molar-refractivity contribution in [3.63, 3.8) is 0 Å². The van der Waals surface area contributed by atoms with Crippen LogP contribution in [-0.2, 0) is 0 Å². The molecule has 14 heavy (non-hydrogen) atoms. The fourth-order valence-electron chi connectivity index (χ4n) is 0.859. The zero-order valence-corrected chi connectivity index (χ0v) is 9.21. The van der Waals surface area contributed by atoms with E-state index in [1.807, 2.05) is 0 Å². The van der Waals surface area contributed by atoms with E-state index >= 15 is 0 Å². The molecule has 0 spiro atoms. The molecule has 4 heteroatoms. The van der Waals surface area contributed by atoms with Crippen LogP contribution in [0.1, 0.15) is 17.4 Å². The van der Waals surface area contributed by atoms with Crippen molar-refractivity contribution in [3.05, 3.63) is 28.5 Å². The highest BCUT2D eigenvalue weighted by atomic mass is 79.9. The number of aromatic nitrogens is 1. The molecule has 0 saturated carbocycles. The molecule has 1 heterocycles. The summed E-state index contributed by atoms with van der Waals surface area (Å²) in [6, 6.07) is 3.20. The molecule has 0 radical (unpaired) electrons. The molecule has 1 unspecified atom stereocenters. The maximum atomic E-state index is 11.5. The van der Waals surface area contributed by atoms with E-state index in [9.17, 15) is 4.79 Å². The van der Waals surface area contributed by atoms with Crippen molar-refractivity contribution in [2.24, 2.45) is 0 Å². The summed E-state index contributed by atoms with van der Waals surface area (Å²) in [4.78, 5) is 15.5. The van der Waals surface area contributed by atoms with Crippen molar-refractivity contribution in [2.45, 2.75) is 13.0 Å². The Morgan fingerprint density at radius 3 is 3.07 bits per heavy atom. The summed E-state index contributed by atoms with van der Waals surface area (Å²) in [7, 11) is 0. The van der Waals surface area contributed by atoms with E-state index < -0.39 is 0 Å². The average Bonchev–Trinajstić information content (AvgIpc) is 2.18. The average molecular weight is 253 g/mol. The number of pyridine rings is 1. The molecule has 1 aromatic rings. The number of nitrogens with one attached hydrogen (secondary N) is 1. The Morgan fingerprint density at radius 2 is 2.50 bits per heavy atom. The number of rotatable bonds is 2. The van der Waals surface area contributed by atoms with Crippen molar-refractivity contribution in [3.8, 4) is 12.3 Å². The minimum absolute atomic E-state index is 0.275. The van der Waals surface area contributed by atoms with Crippen LogP contribution < -0.4 is 5.32 Å². The zero-order chi connectivity index (χ0) is 10.6. The van der Waals surface area contributed by atoms with Crippen molar-refractivity contribution < 1.29 is 4.79 Å². The van der Waals surface area contributed by atoms with Gasteiger partial charge in [-0.15, -0.1) is 6.42 Å². The fraction of sp³-hybridized carbons (Fsp3) is 0.200. The Hall–Kier alpha value is -1.34. The third kappa shape index (κ3) is 2.57. The van der Waals surface area contributed by atoms with Gasteiger partial charge in [0, 0.05) is 10.7 Å². The summed E-state index contributed by atoms with van der Waals surface area (Å²) < 4.78 is 0.654. The Balaban J connectivity index is 2.81. The quantitative estimate of drug-likeness (QED) is 0.813. The predicted octanol–water partition coefficient (Wildman–Crippen LogP) is 1.60. The minimum Gasteiger partial charge on any atom is -0.337 e. The van der Waals surface area contributed by atoms with Gasteiger partial charge in [-0.25, -0.2) is 4.98 Å². The second-order valence-corrected chi connectivity index (χ2v) is 3.55. The lowest BCUT2D eigenvalue weighted by Gasteiger charge is -2.07. The third-order valence-electron chi connectivity index (χ3n) is 1.57. The van der Waals surface area contributed by atoms with E-state index in [2.05, 4.69) is 32.2 Å². The van der Waals surface area contributed by atoms with Crippen LogP contribution >= 0.6 is 15.9 Å². The highest BCUT2D eigenvalue weighted by Gasteiger charge is 2.11. The molecule has 0 saturated heterocycles. The number of carbonyl (C=O) groups is 1. The van der Waals surface area contributed by atoms with E-state index in [4.69, 9.17) is 6.42 Å². The first kappa shape index (κ1) is 10.7. The lowest BCUT2D eigenvalue weighted by molar-refractivity contribution is 0.0942. The van der Waals surface area contributed by atoms with Gasteiger partial charge in [0.25, 0.3) is 5.91 Å². The summed E-state index contributed by atoms with van der Waals surface area (Å²) in [6.07, 6.45) is 6.70. The maximum absolute atomic E-state index is 11.5. The highest BCUT2D eigenvalue weighted by molar-refractivity contribution is 9.10. The van der Waals surface area contributed by atoms with Crippen LogP contribution in [0.5, 0.6) is 0 Å². The Labute approximate surface area is 91.1 Å². The van der Waals surface area contributed by atoms with Crippen LogP contribution in [0.15, 0.2) is 22.8 Å². The first-order chi connectivity index (χ1) is 6.65. The summed E-state index contributed by atoms with van der Waals surface area (Å²) in [5.74, 6) is 2.13. The van der Waals surface area contributed by atoms with E-state index in [-0.39, 0.29) is 11.9 Å². The van der Waals surface area contributed by atoms with Crippen LogP contribution in [0.25, 0.3) is 0 Å².